The minimum absolute atomic E-state index is 0.0331. The fourth-order valence-corrected chi connectivity index (χ4v) is 1.40. The zero-order valence-electron chi connectivity index (χ0n) is 8.39. The predicted molar refractivity (Wildman–Crippen MR) is 53.9 cm³/mol. The Labute approximate surface area is 87.6 Å². The third-order valence-electron chi connectivity index (χ3n) is 2.21. The highest BCUT2D eigenvalue weighted by Crippen LogP contribution is 2.21. The molecule has 1 heterocycles. The fourth-order valence-electron chi connectivity index (χ4n) is 1.40. The van der Waals surface area contributed by atoms with Crippen molar-refractivity contribution in [2.75, 3.05) is 0 Å². The first-order valence-electron chi connectivity index (χ1n) is 4.90. The van der Waals surface area contributed by atoms with Crippen LogP contribution >= 0.6 is 0 Å². The van der Waals surface area contributed by atoms with Gasteiger partial charge in [-0.05, 0) is 12.8 Å². The molecule has 5 nitrogen and oxygen atoms in total. The van der Waals surface area contributed by atoms with E-state index < -0.39 is 5.97 Å². The average Bonchev–Trinajstić information content (AvgIpc) is 2.47. The van der Waals surface area contributed by atoms with E-state index in [1.165, 1.54) is 16.7 Å². The van der Waals surface area contributed by atoms with E-state index in [1.54, 1.807) is 0 Å². The first-order chi connectivity index (χ1) is 7.11. The van der Waals surface area contributed by atoms with Crippen LogP contribution < -0.4 is 0 Å². The molecule has 0 aromatic carbocycles. The molecule has 0 saturated heterocycles. The van der Waals surface area contributed by atoms with Crippen LogP contribution in [0.2, 0.25) is 0 Å². The van der Waals surface area contributed by atoms with Crippen LogP contribution in [-0.4, -0.2) is 25.9 Å². The number of nitrogens with zero attached hydrogens (tertiary/aromatic N) is 1. The first-order valence-corrected chi connectivity index (χ1v) is 4.90. The minimum atomic E-state index is -0.790. The van der Waals surface area contributed by atoms with E-state index in [0.717, 1.165) is 12.8 Å². The topological polar surface area (TPSA) is 82.7 Å². The molecular formula is C10H15NO4. The van der Waals surface area contributed by atoms with E-state index in [9.17, 15) is 15.0 Å². The number of unbranched alkanes of at least 4 members (excludes halogenated alkanes) is 2. The van der Waals surface area contributed by atoms with Crippen LogP contribution in [0.1, 0.15) is 25.7 Å². The first kappa shape index (κ1) is 11.4. The summed E-state index contributed by atoms with van der Waals surface area (Å²) in [7, 11) is 0. The van der Waals surface area contributed by atoms with Gasteiger partial charge in [-0.15, -0.1) is 0 Å². The van der Waals surface area contributed by atoms with Crippen molar-refractivity contribution < 1.29 is 20.1 Å². The number of rotatable bonds is 6. The Bertz CT molecular complexity index is 313. The lowest BCUT2D eigenvalue weighted by Crippen LogP contribution is -1.98. The van der Waals surface area contributed by atoms with Crippen molar-refractivity contribution in [3.05, 3.63) is 12.1 Å². The summed E-state index contributed by atoms with van der Waals surface area (Å²) in [6.45, 7) is 0.504. The fraction of sp³-hybridized carbons (Fsp3) is 0.500. The lowest BCUT2D eigenvalue weighted by Gasteiger charge is -2.05. The van der Waals surface area contributed by atoms with Crippen molar-refractivity contribution in [3.63, 3.8) is 0 Å². The van der Waals surface area contributed by atoms with Gasteiger partial charge in [0.2, 0.25) is 0 Å². The monoisotopic (exact) mass is 213 g/mol. The second-order valence-corrected chi connectivity index (χ2v) is 3.41. The molecule has 0 aliphatic rings. The van der Waals surface area contributed by atoms with E-state index in [4.69, 9.17) is 5.11 Å². The maximum Gasteiger partial charge on any atom is 0.303 e. The van der Waals surface area contributed by atoms with Crippen LogP contribution in [0.4, 0.5) is 0 Å². The van der Waals surface area contributed by atoms with Crippen molar-refractivity contribution in [1.82, 2.24) is 4.57 Å². The maximum absolute atomic E-state index is 10.2. The largest absolute Gasteiger partial charge is 0.494 e. The van der Waals surface area contributed by atoms with E-state index in [0.29, 0.717) is 13.0 Å². The molecule has 0 amide bonds. The number of carboxylic acid groups (broad SMARTS) is 1. The molecule has 0 aliphatic heterocycles. The molecule has 0 unspecified atom stereocenters. The highest BCUT2D eigenvalue weighted by atomic mass is 16.4. The Morgan fingerprint density at radius 3 is 2.27 bits per heavy atom. The van der Waals surface area contributed by atoms with Gasteiger partial charge in [0.25, 0.3) is 0 Å². The van der Waals surface area contributed by atoms with Crippen LogP contribution in [0, 0.1) is 0 Å². The SMILES string of the molecule is O=C(O)CCCCCn1c(O)ccc1O. The molecule has 1 rings (SSSR count). The normalized spacial score (nSPS) is 10.4. The highest BCUT2D eigenvalue weighted by molar-refractivity contribution is 5.66. The Morgan fingerprint density at radius 1 is 1.13 bits per heavy atom. The van der Waals surface area contributed by atoms with Crippen molar-refractivity contribution in [1.29, 1.82) is 0 Å². The molecule has 84 valence electrons. The van der Waals surface area contributed by atoms with E-state index in [-0.39, 0.29) is 18.2 Å². The Balaban J connectivity index is 2.23. The van der Waals surface area contributed by atoms with Crippen LogP contribution in [0.15, 0.2) is 12.1 Å². The third-order valence-corrected chi connectivity index (χ3v) is 2.21. The van der Waals surface area contributed by atoms with Gasteiger partial charge in [-0.1, -0.05) is 6.42 Å². The minimum Gasteiger partial charge on any atom is -0.494 e. The van der Waals surface area contributed by atoms with Gasteiger partial charge in [0.1, 0.15) is 0 Å². The van der Waals surface area contributed by atoms with Gasteiger partial charge in [0, 0.05) is 25.1 Å². The van der Waals surface area contributed by atoms with Gasteiger partial charge in [-0.25, -0.2) is 0 Å². The molecule has 5 heteroatoms. The maximum atomic E-state index is 10.2. The highest BCUT2D eigenvalue weighted by Gasteiger charge is 2.04. The van der Waals surface area contributed by atoms with Crippen molar-refractivity contribution >= 4 is 5.97 Å². The summed E-state index contributed by atoms with van der Waals surface area (Å²) in [5.41, 5.74) is 0. The van der Waals surface area contributed by atoms with Gasteiger partial charge >= 0.3 is 5.97 Å². The zero-order valence-corrected chi connectivity index (χ0v) is 8.39. The number of carboxylic acids is 1. The van der Waals surface area contributed by atoms with Crippen LogP contribution in [0.25, 0.3) is 0 Å². The number of carbonyl (C=O) groups is 1. The van der Waals surface area contributed by atoms with Crippen LogP contribution in [-0.2, 0) is 11.3 Å². The molecule has 0 atom stereocenters. The summed E-state index contributed by atoms with van der Waals surface area (Å²) in [6, 6.07) is 2.85. The molecule has 0 bridgehead atoms. The molecule has 15 heavy (non-hydrogen) atoms. The van der Waals surface area contributed by atoms with Crippen molar-refractivity contribution in [2.24, 2.45) is 0 Å². The molecule has 0 aliphatic carbocycles. The van der Waals surface area contributed by atoms with Gasteiger partial charge < -0.3 is 15.3 Å². The van der Waals surface area contributed by atoms with E-state index in [1.807, 2.05) is 0 Å². The third kappa shape index (κ3) is 3.53. The Hall–Kier alpha value is -1.65. The lowest BCUT2D eigenvalue weighted by atomic mass is 10.2. The number of hydrogen-bond acceptors (Lipinski definition) is 3. The number of aliphatic carboxylic acids is 1. The molecule has 1 aromatic heterocycles. The summed E-state index contributed by atoms with van der Waals surface area (Å²) >= 11 is 0. The van der Waals surface area contributed by atoms with Gasteiger partial charge in [-0.2, -0.15) is 0 Å². The summed E-state index contributed by atoms with van der Waals surface area (Å²) in [5.74, 6) is -0.724. The summed E-state index contributed by atoms with van der Waals surface area (Å²) in [5, 5.41) is 27.0. The van der Waals surface area contributed by atoms with Crippen LogP contribution in [0.5, 0.6) is 11.8 Å². The zero-order chi connectivity index (χ0) is 11.3. The van der Waals surface area contributed by atoms with Gasteiger partial charge in [0.05, 0.1) is 0 Å². The smallest absolute Gasteiger partial charge is 0.303 e. The van der Waals surface area contributed by atoms with Crippen LogP contribution in [0.3, 0.4) is 0 Å². The second kappa shape index (κ2) is 5.29. The summed E-state index contributed by atoms with van der Waals surface area (Å²) in [6.07, 6.45) is 2.30. The molecule has 3 N–H and O–H groups in total. The quantitative estimate of drug-likeness (QED) is 0.626. The van der Waals surface area contributed by atoms with E-state index >= 15 is 0 Å². The molecule has 0 saturated carbocycles. The lowest BCUT2D eigenvalue weighted by molar-refractivity contribution is -0.137. The number of aromatic nitrogens is 1. The van der Waals surface area contributed by atoms with E-state index in [2.05, 4.69) is 0 Å². The summed E-state index contributed by atoms with van der Waals surface area (Å²) < 4.78 is 1.39. The number of hydrogen-bond donors (Lipinski definition) is 3. The second-order valence-electron chi connectivity index (χ2n) is 3.41. The molecule has 1 aromatic rings. The standard InChI is InChI=1S/C10H15NO4/c12-8-5-6-9(13)11(8)7-3-1-2-4-10(14)15/h5-6,12-13H,1-4,7H2,(H,14,15). The molecule has 0 spiro atoms. The molecular weight excluding hydrogens is 198 g/mol. The summed E-state index contributed by atoms with van der Waals surface area (Å²) in [4.78, 5) is 10.2. The number of aromatic hydroxyl groups is 2. The molecule has 0 fully saturated rings. The van der Waals surface area contributed by atoms with Crippen molar-refractivity contribution in [2.45, 2.75) is 32.2 Å². The molecule has 0 radical (unpaired) electrons. The average molecular weight is 213 g/mol. The van der Waals surface area contributed by atoms with Crippen molar-refractivity contribution in [3.8, 4) is 11.8 Å². The Kier molecular flexibility index (Phi) is 4.03. The van der Waals surface area contributed by atoms with Gasteiger partial charge in [-0.3, -0.25) is 9.36 Å². The predicted octanol–water partition coefficient (Wildman–Crippen LogP) is 1.54. The van der Waals surface area contributed by atoms with Gasteiger partial charge in [0.15, 0.2) is 11.8 Å². The Morgan fingerprint density at radius 2 is 1.73 bits per heavy atom.